The molecule has 0 aromatic heterocycles. The van der Waals surface area contributed by atoms with Gasteiger partial charge in [0.25, 0.3) is 0 Å². The van der Waals surface area contributed by atoms with Gasteiger partial charge in [0.2, 0.25) is 0 Å². The Morgan fingerprint density at radius 1 is 1.12 bits per heavy atom. The average molecular weight is 225 g/mol. The zero-order valence-corrected chi connectivity index (χ0v) is 10.7. The Bertz CT molecular complexity index is 211. The van der Waals surface area contributed by atoms with Gasteiger partial charge in [0, 0.05) is 6.04 Å². The van der Waals surface area contributed by atoms with Crippen molar-refractivity contribution in [3.63, 3.8) is 0 Å². The van der Waals surface area contributed by atoms with Gasteiger partial charge in [-0.2, -0.15) is 0 Å². The van der Waals surface area contributed by atoms with Gasteiger partial charge in [-0.05, 0) is 52.1 Å². The summed E-state index contributed by atoms with van der Waals surface area (Å²) in [5.74, 6) is 0. The summed E-state index contributed by atoms with van der Waals surface area (Å²) in [7, 11) is 2.24. The summed E-state index contributed by atoms with van der Waals surface area (Å²) in [5.41, 5.74) is -0.309. The Morgan fingerprint density at radius 2 is 1.88 bits per heavy atom. The summed E-state index contributed by atoms with van der Waals surface area (Å²) in [6.07, 6.45) is 12.2. The lowest BCUT2D eigenvalue weighted by atomic mass is 9.80. The van der Waals surface area contributed by atoms with E-state index >= 15 is 0 Å². The minimum Gasteiger partial charge on any atom is -0.390 e. The molecule has 1 unspecified atom stereocenters. The smallest absolute Gasteiger partial charge is 0.0648 e. The molecule has 0 amide bonds. The fraction of sp³-hybridized carbons (Fsp3) is 1.00. The van der Waals surface area contributed by atoms with Crippen molar-refractivity contribution in [2.24, 2.45) is 0 Å². The van der Waals surface area contributed by atoms with Crippen molar-refractivity contribution in [1.29, 1.82) is 0 Å². The molecule has 16 heavy (non-hydrogen) atoms. The third kappa shape index (κ3) is 3.21. The van der Waals surface area contributed by atoms with Crippen LogP contribution in [0.15, 0.2) is 0 Å². The van der Waals surface area contributed by atoms with Gasteiger partial charge in [0.15, 0.2) is 0 Å². The van der Waals surface area contributed by atoms with E-state index in [0.717, 1.165) is 25.3 Å². The molecule has 1 saturated carbocycles. The van der Waals surface area contributed by atoms with Crippen molar-refractivity contribution in [3.05, 3.63) is 0 Å². The Labute approximate surface area is 100 Å². The van der Waals surface area contributed by atoms with E-state index in [1.807, 2.05) is 0 Å². The minimum absolute atomic E-state index is 0.309. The molecule has 0 aromatic rings. The van der Waals surface area contributed by atoms with E-state index in [9.17, 15) is 5.11 Å². The predicted octanol–water partition coefficient (Wildman–Crippen LogP) is 2.95. The zero-order valence-electron chi connectivity index (χ0n) is 10.7. The zero-order chi connectivity index (χ0) is 11.4. The molecule has 1 N–H and O–H groups in total. The van der Waals surface area contributed by atoms with Crippen LogP contribution in [0, 0.1) is 0 Å². The Hall–Kier alpha value is -0.0800. The first-order valence-corrected chi connectivity index (χ1v) is 7.12. The van der Waals surface area contributed by atoms with E-state index in [2.05, 4.69) is 11.9 Å². The molecule has 1 aliphatic heterocycles. The molecule has 0 aromatic carbocycles. The van der Waals surface area contributed by atoms with Crippen LogP contribution in [-0.2, 0) is 0 Å². The maximum Gasteiger partial charge on any atom is 0.0648 e. The summed E-state index contributed by atoms with van der Waals surface area (Å²) < 4.78 is 0. The van der Waals surface area contributed by atoms with Crippen molar-refractivity contribution < 1.29 is 5.11 Å². The number of nitrogens with zero attached hydrogens (tertiary/aromatic N) is 1. The lowest BCUT2D eigenvalue weighted by Gasteiger charge is -2.37. The second-order valence-corrected chi connectivity index (χ2v) is 5.95. The van der Waals surface area contributed by atoms with Gasteiger partial charge in [0.05, 0.1) is 5.60 Å². The molecule has 2 nitrogen and oxygen atoms in total. The average Bonchev–Trinajstić information content (AvgIpc) is 2.29. The van der Waals surface area contributed by atoms with Gasteiger partial charge >= 0.3 is 0 Å². The van der Waals surface area contributed by atoms with Crippen LogP contribution in [0.4, 0.5) is 0 Å². The fourth-order valence-electron chi connectivity index (χ4n) is 3.40. The second kappa shape index (κ2) is 5.50. The van der Waals surface area contributed by atoms with Crippen LogP contribution in [-0.4, -0.2) is 35.2 Å². The fourth-order valence-corrected chi connectivity index (χ4v) is 3.40. The molecular weight excluding hydrogens is 198 g/mol. The van der Waals surface area contributed by atoms with Crippen LogP contribution in [0.1, 0.15) is 64.2 Å². The van der Waals surface area contributed by atoms with Crippen molar-refractivity contribution in [3.8, 4) is 0 Å². The summed E-state index contributed by atoms with van der Waals surface area (Å²) >= 11 is 0. The van der Waals surface area contributed by atoms with E-state index < -0.39 is 0 Å². The Balaban J connectivity index is 1.76. The molecule has 1 saturated heterocycles. The van der Waals surface area contributed by atoms with E-state index in [0.29, 0.717) is 0 Å². The van der Waals surface area contributed by atoms with Crippen molar-refractivity contribution in [2.75, 3.05) is 13.6 Å². The number of hydrogen-bond donors (Lipinski definition) is 1. The quantitative estimate of drug-likeness (QED) is 0.798. The van der Waals surface area contributed by atoms with Gasteiger partial charge in [-0.25, -0.2) is 0 Å². The number of hydrogen-bond acceptors (Lipinski definition) is 2. The summed E-state index contributed by atoms with van der Waals surface area (Å²) in [6, 6.07) is 0.736. The molecular formula is C14H27NO. The highest BCUT2D eigenvalue weighted by atomic mass is 16.3. The van der Waals surface area contributed by atoms with Gasteiger partial charge in [-0.3, -0.25) is 0 Å². The van der Waals surface area contributed by atoms with Gasteiger partial charge in [0.1, 0.15) is 0 Å². The van der Waals surface area contributed by atoms with Crippen LogP contribution in [0.3, 0.4) is 0 Å². The van der Waals surface area contributed by atoms with Gasteiger partial charge < -0.3 is 10.0 Å². The molecule has 94 valence electrons. The van der Waals surface area contributed by atoms with Gasteiger partial charge in [-0.1, -0.05) is 25.7 Å². The molecule has 0 bridgehead atoms. The lowest BCUT2D eigenvalue weighted by molar-refractivity contribution is -0.0127. The summed E-state index contributed by atoms with van der Waals surface area (Å²) in [4.78, 5) is 2.50. The molecule has 1 atom stereocenters. The highest BCUT2D eigenvalue weighted by molar-refractivity contribution is 4.85. The van der Waals surface area contributed by atoms with Crippen molar-refractivity contribution >= 4 is 0 Å². The largest absolute Gasteiger partial charge is 0.390 e. The number of piperidine rings is 1. The van der Waals surface area contributed by atoms with Crippen molar-refractivity contribution in [2.45, 2.75) is 75.9 Å². The van der Waals surface area contributed by atoms with E-state index in [1.165, 1.54) is 51.5 Å². The lowest BCUT2D eigenvalue weighted by Crippen LogP contribution is -2.39. The number of likely N-dealkylation sites (tertiary alicyclic amines) is 1. The third-order valence-corrected chi connectivity index (χ3v) is 4.65. The second-order valence-electron chi connectivity index (χ2n) is 5.95. The SMILES string of the molecule is CN1CCCCC1CCC1(O)CCCCC1. The maximum absolute atomic E-state index is 10.5. The first-order chi connectivity index (χ1) is 7.70. The minimum atomic E-state index is -0.309. The third-order valence-electron chi connectivity index (χ3n) is 4.65. The predicted molar refractivity (Wildman–Crippen MR) is 67.5 cm³/mol. The summed E-state index contributed by atoms with van der Waals surface area (Å²) in [6.45, 7) is 1.25. The molecule has 0 spiro atoms. The monoisotopic (exact) mass is 225 g/mol. The van der Waals surface area contributed by atoms with Crippen LogP contribution >= 0.6 is 0 Å². The molecule has 2 rings (SSSR count). The van der Waals surface area contributed by atoms with E-state index in [1.54, 1.807) is 0 Å². The summed E-state index contributed by atoms with van der Waals surface area (Å²) in [5, 5.41) is 10.5. The normalized spacial score (nSPS) is 31.5. The van der Waals surface area contributed by atoms with E-state index in [4.69, 9.17) is 0 Å². The molecule has 2 aliphatic rings. The van der Waals surface area contributed by atoms with E-state index in [-0.39, 0.29) is 5.60 Å². The Morgan fingerprint density at radius 3 is 2.56 bits per heavy atom. The first kappa shape index (κ1) is 12.4. The topological polar surface area (TPSA) is 23.5 Å². The Kier molecular flexibility index (Phi) is 4.26. The molecule has 1 aliphatic carbocycles. The van der Waals surface area contributed by atoms with Crippen LogP contribution < -0.4 is 0 Å². The molecule has 2 fully saturated rings. The molecule has 1 heterocycles. The van der Waals surface area contributed by atoms with Crippen molar-refractivity contribution in [1.82, 2.24) is 4.90 Å². The number of rotatable bonds is 3. The molecule has 2 heteroatoms. The first-order valence-electron chi connectivity index (χ1n) is 7.12. The van der Waals surface area contributed by atoms with Crippen LogP contribution in [0.5, 0.6) is 0 Å². The van der Waals surface area contributed by atoms with Gasteiger partial charge in [-0.15, -0.1) is 0 Å². The van der Waals surface area contributed by atoms with Crippen LogP contribution in [0.2, 0.25) is 0 Å². The number of aliphatic hydroxyl groups is 1. The highest BCUT2D eigenvalue weighted by Crippen LogP contribution is 2.33. The molecule has 0 radical (unpaired) electrons. The van der Waals surface area contributed by atoms with Crippen LogP contribution in [0.25, 0.3) is 0 Å². The maximum atomic E-state index is 10.5. The standard InChI is InChI=1S/C14H27NO/c1-15-12-6-3-7-13(15)8-11-14(16)9-4-2-5-10-14/h13,16H,2-12H2,1H3. The highest BCUT2D eigenvalue weighted by Gasteiger charge is 2.30.